The maximum Gasteiger partial charge on any atom is 0.185 e. The summed E-state index contributed by atoms with van der Waals surface area (Å²) in [6.45, 7) is 6.07. The average Bonchev–Trinajstić information content (AvgIpc) is 2.87. The van der Waals surface area contributed by atoms with Gasteiger partial charge in [-0.2, -0.15) is 0 Å². The van der Waals surface area contributed by atoms with E-state index in [1.807, 2.05) is 0 Å². The lowest BCUT2D eigenvalue weighted by molar-refractivity contribution is -0.116. The Morgan fingerprint density at radius 1 is 1.06 bits per heavy atom. The van der Waals surface area contributed by atoms with E-state index in [0.29, 0.717) is 28.7 Å². The van der Waals surface area contributed by atoms with Crippen molar-refractivity contribution in [2.75, 3.05) is 6.61 Å². The van der Waals surface area contributed by atoms with Crippen LogP contribution in [0.1, 0.15) is 46.5 Å². The molecule has 2 aliphatic rings. The van der Waals surface area contributed by atoms with Gasteiger partial charge in [-0.1, -0.05) is 0 Å². The van der Waals surface area contributed by atoms with Crippen LogP contribution in [0.4, 0.5) is 0 Å². The standard InChI is InChI=1S/C15H20O3/c1-9-10(2)15(17)13(11(3)14(9)16)7-6-12-5-4-8-18-12/h12H,4-8H2,1-3H3. The number of ether oxygens (including phenoxy) is 1. The van der Waals surface area contributed by atoms with Crippen LogP contribution in [-0.2, 0) is 14.3 Å². The maximum atomic E-state index is 12.2. The summed E-state index contributed by atoms with van der Waals surface area (Å²) in [6, 6.07) is 0. The number of hydrogen-bond acceptors (Lipinski definition) is 3. The monoisotopic (exact) mass is 248 g/mol. The zero-order chi connectivity index (χ0) is 13.3. The van der Waals surface area contributed by atoms with Gasteiger partial charge in [0.05, 0.1) is 6.10 Å². The first-order chi connectivity index (χ1) is 8.52. The van der Waals surface area contributed by atoms with Crippen LogP contribution in [0.25, 0.3) is 0 Å². The average molecular weight is 248 g/mol. The number of rotatable bonds is 3. The van der Waals surface area contributed by atoms with Crippen molar-refractivity contribution in [3.63, 3.8) is 0 Å². The van der Waals surface area contributed by atoms with Gasteiger partial charge in [-0.25, -0.2) is 0 Å². The van der Waals surface area contributed by atoms with Crippen LogP contribution in [0, 0.1) is 0 Å². The molecule has 18 heavy (non-hydrogen) atoms. The van der Waals surface area contributed by atoms with E-state index in [0.717, 1.165) is 25.9 Å². The third-order valence-corrected chi connectivity index (χ3v) is 4.05. The molecule has 0 amide bonds. The number of carbonyl (C=O) groups excluding carboxylic acids is 2. The molecule has 3 heteroatoms. The number of allylic oxidation sites excluding steroid dienone is 4. The lowest BCUT2D eigenvalue weighted by Gasteiger charge is -2.19. The summed E-state index contributed by atoms with van der Waals surface area (Å²) in [5.41, 5.74) is 2.52. The van der Waals surface area contributed by atoms with Crippen LogP contribution in [0.5, 0.6) is 0 Å². The molecule has 0 radical (unpaired) electrons. The highest BCUT2D eigenvalue weighted by Gasteiger charge is 2.28. The van der Waals surface area contributed by atoms with Gasteiger partial charge in [0.15, 0.2) is 11.6 Å². The van der Waals surface area contributed by atoms with Crippen molar-refractivity contribution in [3.8, 4) is 0 Å². The minimum atomic E-state index is 0.0226. The van der Waals surface area contributed by atoms with Crippen LogP contribution in [0.2, 0.25) is 0 Å². The van der Waals surface area contributed by atoms with Crippen molar-refractivity contribution < 1.29 is 14.3 Å². The van der Waals surface area contributed by atoms with Gasteiger partial charge in [-0.3, -0.25) is 9.59 Å². The Balaban J connectivity index is 2.11. The molecule has 98 valence electrons. The molecule has 0 N–H and O–H groups in total. The summed E-state index contributed by atoms with van der Waals surface area (Å²) >= 11 is 0. The van der Waals surface area contributed by atoms with E-state index in [2.05, 4.69) is 0 Å². The van der Waals surface area contributed by atoms with E-state index >= 15 is 0 Å². The predicted molar refractivity (Wildman–Crippen MR) is 69.3 cm³/mol. The Morgan fingerprint density at radius 2 is 1.72 bits per heavy atom. The van der Waals surface area contributed by atoms with Crippen LogP contribution in [0.15, 0.2) is 22.3 Å². The van der Waals surface area contributed by atoms with Crippen molar-refractivity contribution in [3.05, 3.63) is 22.3 Å². The molecule has 1 saturated heterocycles. The fourth-order valence-electron chi connectivity index (χ4n) is 2.63. The molecule has 0 spiro atoms. The van der Waals surface area contributed by atoms with Gasteiger partial charge in [0.25, 0.3) is 0 Å². The molecule has 0 aromatic heterocycles. The first kappa shape index (κ1) is 13.2. The number of ketones is 2. The first-order valence-corrected chi connectivity index (χ1v) is 6.60. The van der Waals surface area contributed by atoms with Crippen LogP contribution in [0.3, 0.4) is 0 Å². The van der Waals surface area contributed by atoms with Gasteiger partial charge in [-0.05, 0) is 46.5 Å². The molecular formula is C15H20O3. The highest BCUT2D eigenvalue weighted by atomic mass is 16.5. The fraction of sp³-hybridized carbons (Fsp3) is 0.600. The van der Waals surface area contributed by atoms with Gasteiger partial charge >= 0.3 is 0 Å². The fourth-order valence-corrected chi connectivity index (χ4v) is 2.63. The van der Waals surface area contributed by atoms with E-state index in [4.69, 9.17) is 4.74 Å². The Bertz CT molecular complexity index is 448. The molecular weight excluding hydrogens is 228 g/mol. The smallest absolute Gasteiger partial charge is 0.185 e. The minimum absolute atomic E-state index is 0.0226. The van der Waals surface area contributed by atoms with E-state index in [1.165, 1.54) is 0 Å². The SMILES string of the molecule is CC1=C(C)C(=O)C(CCC2CCCO2)=C(C)C1=O. The highest BCUT2D eigenvalue weighted by molar-refractivity contribution is 6.24. The zero-order valence-electron chi connectivity index (χ0n) is 11.3. The molecule has 2 rings (SSSR count). The van der Waals surface area contributed by atoms with Crippen LogP contribution in [-0.4, -0.2) is 24.3 Å². The van der Waals surface area contributed by atoms with Crippen molar-refractivity contribution >= 4 is 11.6 Å². The third-order valence-electron chi connectivity index (χ3n) is 4.05. The summed E-state index contributed by atoms with van der Waals surface area (Å²) in [5, 5.41) is 0. The second kappa shape index (κ2) is 5.19. The molecule has 1 heterocycles. The van der Waals surface area contributed by atoms with Crippen LogP contribution < -0.4 is 0 Å². The highest BCUT2D eigenvalue weighted by Crippen LogP contribution is 2.28. The molecule has 0 aromatic carbocycles. The van der Waals surface area contributed by atoms with Crippen LogP contribution >= 0.6 is 0 Å². The number of hydrogen-bond donors (Lipinski definition) is 0. The van der Waals surface area contributed by atoms with E-state index < -0.39 is 0 Å². The second-order valence-electron chi connectivity index (χ2n) is 5.19. The molecule has 1 aliphatic carbocycles. The van der Waals surface area contributed by atoms with E-state index in [1.54, 1.807) is 20.8 Å². The molecule has 1 unspecified atom stereocenters. The Kier molecular flexibility index (Phi) is 3.81. The first-order valence-electron chi connectivity index (χ1n) is 6.60. The van der Waals surface area contributed by atoms with Gasteiger partial charge in [0, 0.05) is 28.9 Å². The van der Waals surface area contributed by atoms with Crippen molar-refractivity contribution in [1.29, 1.82) is 0 Å². The van der Waals surface area contributed by atoms with Gasteiger partial charge in [0.1, 0.15) is 0 Å². The van der Waals surface area contributed by atoms with Crippen molar-refractivity contribution in [2.45, 2.75) is 52.6 Å². The summed E-state index contributed by atoms with van der Waals surface area (Å²) in [6.07, 6.45) is 3.94. The largest absolute Gasteiger partial charge is 0.378 e. The van der Waals surface area contributed by atoms with E-state index in [-0.39, 0.29) is 17.7 Å². The number of Topliss-reactive ketones (excluding diaryl/α,β-unsaturated/α-hetero) is 2. The molecule has 1 aliphatic heterocycles. The Hall–Kier alpha value is -1.22. The molecule has 1 atom stereocenters. The quantitative estimate of drug-likeness (QED) is 0.721. The Morgan fingerprint density at radius 3 is 2.33 bits per heavy atom. The zero-order valence-corrected chi connectivity index (χ0v) is 11.3. The number of carbonyl (C=O) groups is 2. The summed E-state index contributed by atoms with van der Waals surface area (Å²) < 4.78 is 5.56. The Labute approximate surface area is 108 Å². The van der Waals surface area contributed by atoms with Crippen molar-refractivity contribution in [2.24, 2.45) is 0 Å². The molecule has 0 saturated carbocycles. The second-order valence-corrected chi connectivity index (χ2v) is 5.19. The van der Waals surface area contributed by atoms with Gasteiger partial charge in [-0.15, -0.1) is 0 Å². The molecule has 0 bridgehead atoms. The lowest BCUT2D eigenvalue weighted by atomic mass is 9.83. The molecule has 3 nitrogen and oxygen atoms in total. The van der Waals surface area contributed by atoms with E-state index in [9.17, 15) is 9.59 Å². The van der Waals surface area contributed by atoms with Gasteiger partial charge < -0.3 is 4.74 Å². The summed E-state index contributed by atoms with van der Waals surface area (Å²) in [7, 11) is 0. The summed E-state index contributed by atoms with van der Waals surface area (Å²) in [4.78, 5) is 24.2. The minimum Gasteiger partial charge on any atom is -0.378 e. The molecule has 0 aromatic rings. The predicted octanol–water partition coefficient (Wildman–Crippen LogP) is 2.75. The summed E-state index contributed by atoms with van der Waals surface area (Å²) in [5.74, 6) is 0.0667. The topological polar surface area (TPSA) is 43.4 Å². The van der Waals surface area contributed by atoms with Crippen molar-refractivity contribution in [1.82, 2.24) is 0 Å². The normalized spacial score (nSPS) is 25.4. The third kappa shape index (κ3) is 2.32. The van der Waals surface area contributed by atoms with Gasteiger partial charge in [0.2, 0.25) is 0 Å². The maximum absolute atomic E-state index is 12.2. The lowest BCUT2D eigenvalue weighted by Crippen LogP contribution is -2.21. The molecule has 1 fully saturated rings.